The van der Waals surface area contributed by atoms with Crippen molar-refractivity contribution in [3.8, 4) is 23.0 Å². The first-order chi connectivity index (χ1) is 18.7. The van der Waals surface area contributed by atoms with Crippen molar-refractivity contribution >= 4 is 11.9 Å². The summed E-state index contributed by atoms with van der Waals surface area (Å²) in [6.07, 6.45) is 0. The fourth-order valence-electron chi connectivity index (χ4n) is 3.12. The van der Waals surface area contributed by atoms with E-state index in [9.17, 15) is 14.7 Å². The summed E-state index contributed by atoms with van der Waals surface area (Å²) < 4.78 is 41.8. The molecule has 0 fully saturated rings. The predicted octanol–water partition coefficient (Wildman–Crippen LogP) is 3.15. The van der Waals surface area contributed by atoms with Crippen LogP contribution in [0.5, 0.6) is 23.0 Å². The maximum Gasteiger partial charge on any atom is 0.345 e. The summed E-state index contributed by atoms with van der Waals surface area (Å²) >= 11 is 0. The van der Waals surface area contributed by atoms with Gasteiger partial charge >= 0.3 is 11.9 Å². The molecule has 0 unspecified atom stereocenters. The summed E-state index contributed by atoms with van der Waals surface area (Å²) in [7, 11) is 3.21. The van der Waals surface area contributed by atoms with Crippen molar-refractivity contribution in [1.82, 2.24) is 0 Å². The molecule has 0 aromatic heterocycles. The highest BCUT2D eigenvalue weighted by Crippen LogP contribution is 2.34. The Morgan fingerprint density at radius 2 is 1.33 bits per heavy atom. The van der Waals surface area contributed by atoms with Crippen LogP contribution in [-0.2, 0) is 23.7 Å². The first-order valence-electron chi connectivity index (χ1n) is 12.2. The summed E-state index contributed by atoms with van der Waals surface area (Å²) in [6.45, 7) is 7.07. The van der Waals surface area contributed by atoms with Crippen LogP contribution in [0.2, 0.25) is 0 Å². The van der Waals surface area contributed by atoms with Gasteiger partial charge in [0.2, 0.25) is 5.79 Å². The number of phenols is 1. The third kappa shape index (κ3) is 11.4. The van der Waals surface area contributed by atoms with Crippen molar-refractivity contribution < 1.29 is 57.7 Å². The van der Waals surface area contributed by atoms with Gasteiger partial charge in [-0.15, -0.1) is 0 Å². The third-order valence-corrected chi connectivity index (χ3v) is 4.92. The minimum absolute atomic E-state index is 0.154. The number of rotatable bonds is 15. The molecule has 0 atom stereocenters. The Kier molecular flexibility index (Phi) is 13.3. The van der Waals surface area contributed by atoms with Gasteiger partial charge in [-0.1, -0.05) is 0 Å². The number of esters is 1. The zero-order chi connectivity index (χ0) is 28.7. The quantitative estimate of drug-likeness (QED) is 0.247. The summed E-state index contributed by atoms with van der Waals surface area (Å²) in [5.74, 6) is -1.37. The molecule has 0 saturated heterocycles. The molecule has 0 radical (unpaired) electrons. The van der Waals surface area contributed by atoms with E-state index in [1.807, 2.05) is 0 Å². The Bertz CT molecular complexity index is 1050. The number of benzene rings is 2. The Labute approximate surface area is 227 Å². The second kappa shape index (κ2) is 16.4. The number of fused-ring (bicyclic) bond motifs is 1. The maximum atomic E-state index is 11.8. The predicted molar refractivity (Wildman–Crippen MR) is 138 cm³/mol. The maximum absolute atomic E-state index is 11.8. The van der Waals surface area contributed by atoms with E-state index in [4.69, 9.17) is 43.0 Å². The van der Waals surface area contributed by atoms with E-state index in [2.05, 4.69) is 0 Å². The number of cyclic esters (lactones) is 1. The molecular weight excluding hydrogens is 516 g/mol. The molecule has 0 bridgehead atoms. The molecule has 0 spiro atoms. The van der Waals surface area contributed by atoms with Crippen LogP contribution in [0.4, 0.5) is 0 Å². The molecule has 216 valence electrons. The normalized spacial score (nSPS) is 13.3. The molecule has 12 nitrogen and oxygen atoms in total. The van der Waals surface area contributed by atoms with Crippen molar-refractivity contribution in [3.63, 3.8) is 0 Å². The van der Waals surface area contributed by atoms with Gasteiger partial charge < -0.3 is 48.1 Å². The summed E-state index contributed by atoms with van der Waals surface area (Å²) in [6, 6.07) is 9.06. The van der Waals surface area contributed by atoms with Crippen molar-refractivity contribution in [2.24, 2.45) is 0 Å². The number of carbonyl (C=O) groups excluding carboxylic acids is 1. The topological polar surface area (TPSA) is 148 Å². The van der Waals surface area contributed by atoms with Crippen LogP contribution in [0, 0.1) is 0 Å². The van der Waals surface area contributed by atoms with Crippen molar-refractivity contribution in [1.29, 1.82) is 0 Å². The molecule has 0 saturated carbocycles. The summed E-state index contributed by atoms with van der Waals surface area (Å²) in [5.41, 5.74) is 0.247. The Morgan fingerprint density at radius 1 is 0.795 bits per heavy atom. The average Bonchev–Trinajstić information content (AvgIpc) is 2.87. The Hall–Kier alpha value is -3.58. The van der Waals surface area contributed by atoms with Gasteiger partial charge in [0.15, 0.2) is 0 Å². The summed E-state index contributed by atoms with van der Waals surface area (Å²) in [5, 5.41) is 18.1. The van der Waals surface area contributed by atoms with Crippen molar-refractivity contribution in [3.05, 3.63) is 47.5 Å². The van der Waals surface area contributed by atoms with Crippen LogP contribution in [0.25, 0.3) is 0 Å². The fraction of sp³-hybridized carbons (Fsp3) is 0.481. The third-order valence-electron chi connectivity index (χ3n) is 4.92. The van der Waals surface area contributed by atoms with Crippen LogP contribution in [0.1, 0.15) is 34.6 Å². The van der Waals surface area contributed by atoms with Gasteiger partial charge in [-0.25, -0.2) is 9.59 Å². The Balaban J connectivity index is 0.000000277. The van der Waals surface area contributed by atoms with Crippen LogP contribution in [-0.4, -0.2) is 95.0 Å². The van der Waals surface area contributed by atoms with Crippen LogP contribution >= 0.6 is 0 Å². The molecule has 2 aromatic carbocycles. The highest BCUT2D eigenvalue weighted by molar-refractivity contribution is 5.94. The zero-order valence-corrected chi connectivity index (χ0v) is 22.6. The number of carboxylic acids is 1. The van der Waals surface area contributed by atoms with Crippen molar-refractivity contribution in [2.45, 2.75) is 19.6 Å². The lowest BCUT2D eigenvalue weighted by atomic mass is 10.1. The average molecular weight is 553 g/mol. The van der Waals surface area contributed by atoms with Gasteiger partial charge in [-0.3, -0.25) is 0 Å². The molecule has 0 amide bonds. The van der Waals surface area contributed by atoms with E-state index in [0.717, 1.165) is 0 Å². The van der Waals surface area contributed by atoms with E-state index in [1.165, 1.54) is 18.2 Å². The monoisotopic (exact) mass is 552 g/mol. The minimum Gasteiger partial charge on any atom is -0.507 e. The molecule has 2 aromatic rings. The van der Waals surface area contributed by atoms with Crippen LogP contribution in [0.3, 0.4) is 0 Å². The number of carbonyl (C=O) groups is 2. The van der Waals surface area contributed by atoms with Gasteiger partial charge in [0.25, 0.3) is 0 Å². The number of aromatic hydroxyl groups is 1. The number of ether oxygens (including phenoxy) is 8. The van der Waals surface area contributed by atoms with Crippen LogP contribution in [0.15, 0.2) is 36.4 Å². The lowest BCUT2D eigenvalue weighted by Gasteiger charge is -2.31. The van der Waals surface area contributed by atoms with E-state index < -0.39 is 17.7 Å². The first-order valence-corrected chi connectivity index (χ1v) is 12.2. The number of aromatic carboxylic acids is 1. The molecule has 0 aliphatic carbocycles. The standard InChI is InChI=1S/C15H20O6.C12H16O6/c1-15(2)20-13-10-11(4-5-12(13)14(16)21-15)19-9-8-18-7-6-17-3;1-16-4-5-17-6-7-18-9-2-3-10(12(14)15)11(13)8-9/h4-5,10H,6-9H2,1-3H3;2-3,8,13H,4-7H2,1H3,(H,14,15). The van der Waals surface area contributed by atoms with E-state index in [1.54, 1.807) is 46.3 Å². The Morgan fingerprint density at radius 3 is 1.87 bits per heavy atom. The van der Waals surface area contributed by atoms with Gasteiger partial charge in [0.05, 0.1) is 39.6 Å². The lowest BCUT2D eigenvalue weighted by Crippen LogP contribution is -2.38. The fourth-order valence-corrected chi connectivity index (χ4v) is 3.12. The van der Waals surface area contributed by atoms with E-state index in [-0.39, 0.29) is 11.3 Å². The minimum atomic E-state index is -1.18. The zero-order valence-electron chi connectivity index (χ0n) is 22.6. The molecule has 2 N–H and O–H groups in total. The van der Waals surface area contributed by atoms with Crippen LogP contribution < -0.4 is 14.2 Å². The molecule has 1 aliphatic rings. The second-order valence-electron chi connectivity index (χ2n) is 8.44. The smallest absolute Gasteiger partial charge is 0.345 e. The molecule has 1 heterocycles. The van der Waals surface area contributed by atoms with Gasteiger partial charge in [-0.2, -0.15) is 0 Å². The van der Waals surface area contributed by atoms with E-state index >= 15 is 0 Å². The summed E-state index contributed by atoms with van der Waals surface area (Å²) in [4.78, 5) is 22.5. The molecule has 3 rings (SSSR count). The molecule has 12 heteroatoms. The number of methoxy groups -OCH3 is 2. The molecule has 1 aliphatic heterocycles. The first kappa shape index (κ1) is 31.6. The van der Waals surface area contributed by atoms with Crippen molar-refractivity contribution in [2.75, 3.05) is 67.1 Å². The number of hydrogen-bond acceptors (Lipinski definition) is 11. The van der Waals surface area contributed by atoms with Gasteiger partial charge in [0.1, 0.15) is 47.3 Å². The van der Waals surface area contributed by atoms with Gasteiger partial charge in [0, 0.05) is 40.2 Å². The lowest BCUT2D eigenvalue weighted by molar-refractivity contribution is -0.127. The molecular formula is C27H36O12. The second-order valence-corrected chi connectivity index (χ2v) is 8.44. The molecule has 39 heavy (non-hydrogen) atoms. The van der Waals surface area contributed by atoms with Gasteiger partial charge in [-0.05, 0) is 24.3 Å². The SMILES string of the molecule is COCCOCCOc1ccc(C(=O)O)c(O)c1.COCCOCCOc1ccc2c(c1)OC(C)(C)OC2=O. The van der Waals surface area contributed by atoms with E-state index in [0.29, 0.717) is 75.7 Å². The number of hydrogen-bond donors (Lipinski definition) is 2. The number of carboxylic acid groups (broad SMARTS) is 1. The highest BCUT2D eigenvalue weighted by atomic mass is 16.7. The highest BCUT2D eigenvalue weighted by Gasteiger charge is 2.34. The largest absolute Gasteiger partial charge is 0.507 e.